The third-order valence-electron chi connectivity index (χ3n) is 2.71. The Kier molecular flexibility index (Phi) is 10.2. The van der Waals surface area contributed by atoms with Crippen molar-refractivity contribution in [2.75, 3.05) is 6.61 Å². The molecule has 0 radical (unpaired) electrons. The van der Waals surface area contributed by atoms with E-state index in [1.807, 2.05) is 6.08 Å². The first-order chi connectivity index (χ1) is 7.74. The van der Waals surface area contributed by atoms with Gasteiger partial charge in [-0.25, -0.2) is 4.79 Å². The predicted molar refractivity (Wildman–Crippen MR) is 68.3 cm³/mol. The van der Waals surface area contributed by atoms with Crippen LogP contribution in [0.2, 0.25) is 0 Å². The van der Waals surface area contributed by atoms with Crippen molar-refractivity contribution in [1.29, 1.82) is 0 Å². The molecule has 0 bridgehead atoms. The third kappa shape index (κ3) is 8.51. The lowest BCUT2D eigenvalue weighted by Crippen LogP contribution is -2.12. The van der Waals surface area contributed by atoms with Crippen LogP contribution in [0.15, 0.2) is 12.2 Å². The van der Waals surface area contributed by atoms with Gasteiger partial charge in [0.1, 0.15) is 0 Å². The molecule has 0 aliphatic rings. The second-order valence-corrected chi connectivity index (χ2v) is 4.24. The van der Waals surface area contributed by atoms with Crippen LogP contribution in [-0.4, -0.2) is 12.6 Å². The van der Waals surface area contributed by atoms with Crippen LogP contribution >= 0.6 is 0 Å². The first-order valence-electron chi connectivity index (χ1n) is 6.57. The fourth-order valence-electron chi connectivity index (χ4n) is 1.49. The second-order valence-electron chi connectivity index (χ2n) is 4.24. The van der Waals surface area contributed by atoms with Crippen molar-refractivity contribution in [3.05, 3.63) is 12.2 Å². The van der Waals surface area contributed by atoms with Gasteiger partial charge in [-0.05, 0) is 18.8 Å². The zero-order chi connectivity index (χ0) is 12.2. The molecule has 0 aromatic heterocycles. The van der Waals surface area contributed by atoms with Crippen molar-refractivity contribution < 1.29 is 9.53 Å². The Balaban J connectivity index is 3.70. The quantitative estimate of drug-likeness (QED) is 0.437. The highest BCUT2D eigenvalue weighted by Crippen LogP contribution is 2.12. The molecule has 0 aliphatic heterocycles. The minimum absolute atomic E-state index is 0.191. The van der Waals surface area contributed by atoms with E-state index >= 15 is 0 Å². The molecule has 0 saturated heterocycles. The van der Waals surface area contributed by atoms with E-state index in [0.717, 1.165) is 19.3 Å². The standard InChI is InChI=1S/C14H26O2/c1-4-7-9-11-14(15)16-12-13(6-3)10-8-5-2/h9,11,13H,4-8,10,12H2,1-3H3. The van der Waals surface area contributed by atoms with E-state index in [0.29, 0.717) is 12.5 Å². The Labute approximate surface area is 100 Å². The van der Waals surface area contributed by atoms with Crippen LogP contribution in [0.3, 0.4) is 0 Å². The lowest BCUT2D eigenvalue weighted by molar-refractivity contribution is -0.139. The van der Waals surface area contributed by atoms with E-state index in [4.69, 9.17) is 4.74 Å². The first kappa shape index (κ1) is 15.2. The van der Waals surface area contributed by atoms with Gasteiger partial charge in [-0.2, -0.15) is 0 Å². The summed E-state index contributed by atoms with van der Waals surface area (Å²) < 4.78 is 5.21. The molecule has 0 amide bonds. The normalized spacial score (nSPS) is 12.9. The van der Waals surface area contributed by atoms with Crippen LogP contribution in [0.4, 0.5) is 0 Å². The number of hydrogen-bond donors (Lipinski definition) is 0. The molecule has 2 heteroatoms. The minimum Gasteiger partial charge on any atom is -0.462 e. The van der Waals surface area contributed by atoms with E-state index < -0.39 is 0 Å². The van der Waals surface area contributed by atoms with E-state index in [1.54, 1.807) is 6.08 Å². The van der Waals surface area contributed by atoms with Crippen LogP contribution in [0.1, 0.15) is 59.3 Å². The van der Waals surface area contributed by atoms with Gasteiger partial charge in [-0.1, -0.05) is 52.5 Å². The molecule has 1 atom stereocenters. The maximum atomic E-state index is 11.3. The largest absolute Gasteiger partial charge is 0.462 e. The number of esters is 1. The summed E-state index contributed by atoms with van der Waals surface area (Å²) in [5.41, 5.74) is 0. The van der Waals surface area contributed by atoms with Crippen molar-refractivity contribution in [3.8, 4) is 0 Å². The second kappa shape index (κ2) is 10.7. The van der Waals surface area contributed by atoms with Crippen LogP contribution in [0.25, 0.3) is 0 Å². The number of unbranched alkanes of at least 4 members (excludes halogenated alkanes) is 2. The zero-order valence-corrected chi connectivity index (χ0v) is 11.0. The highest BCUT2D eigenvalue weighted by Gasteiger charge is 2.07. The van der Waals surface area contributed by atoms with Crippen LogP contribution in [-0.2, 0) is 9.53 Å². The lowest BCUT2D eigenvalue weighted by Gasteiger charge is -2.13. The van der Waals surface area contributed by atoms with Crippen molar-refractivity contribution in [2.24, 2.45) is 5.92 Å². The number of hydrogen-bond acceptors (Lipinski definition) is 2. The minimum atomic E-state index is -0.191. The fourth-order valence-corrected chi connectivity index (χ4v) is 1.49. The van der Waals surface area contributed by atoms with Crippen molar-refractivity contribution >= 4 is 5.97 Å². The Morgan fingerprint density at radius 3 is 2.56 bits per heavy atom. The SMILES string of the molecule is CCCC=CC(=O)OCC(CC)CCCC. The molecule has 0 heterocycles. The van der Waals surface area contributed by atoms with Crippen molar-refractivity contribution in [3.63, 3.8) is 0 Å². The van der Waals surface area contributed by atoms with Gasteiger partial charge in [0.2, 0.25) is 0 Å². The summed E-state index contributed by atoms with van der Waals surface area (Å²) in [5, 5.41) is 0. The van der Waals surface area contributed by atoms with Gasteiger partial charge in [0, 0.05) is 6.08 Å². The molecule has 0 saturated carbocycles. The predicted octanol–water partition coefficient (Wildman–Crippen LogP) is 4.10. The van der Waals surface area contributed by atoms with Gasteiger partial charge >= 0.3 is 5.97 Å². The average Bonchev–Trinajstić information content (AvgIpc) is 2.30. The monoisotopic (exact) mass is 226 g/mol. The summed E-state index contributed by atoms with van der Waals surface area (Å²) in [6, 6.07) is 0. The van der Waals surface area contributed by atoms with E-state index in [-0.39, 0.29) is 5.97 Å². The molecule has 0 aromatic rings. The third-order valence-corrected chi connectivity index (χ3v) is 2.71. The molecule has 1 unspecified atom stereocenters. The van der Waals surface area contributed by atoms with E-state index in [2.05, 4.69) is 20.8 Å². The van der Waals surface area contributed by atoms with Crippen molar-refractivity contribution in [1.82, 2.24) is 0 Å². The van der Waals surface area contributed by atoms with Crippen LogP contribution in [0, 0.1) is 5.92 Å². The number of carbonyl (C=O) groups excluding carboxylic acids is 1. The highest BCUT2D eigenvalue weighted by molar-refractivity contribution is 5.81. The number of ether oxygens (including phenoxy) is 1. The fraction of sp³-hybridized carbons (Fsp3) is 0.786. The molecule has 0 spiro atoms. The van der Waals surface area contributed by atoms with Crippen LogP contribution < -0.4 is 0 Å². The molecular weight excluding hydrogens is 200 g/mol. The van der Waals surface area contributed by atoms with Gasteiger partial charge in [0.15, 0.2) is 0 Å². The molecule has 16 heavy (non-hydrogen) atoms. The molecule has 0 fully saturated rings. The number of allylic oxidation sites excluding steroid dienone is 1. The average molecular weight is 226 g/mol. The lowest BCUT2D eigenvalue weighted by atomic mass is 10.0. The van der Waals surface area contributed by atoms with Gasteiger partial charge in [-0.3, -0.25) is 0 Å². The van der Waals surface area contributed by atoms with Crippen molar-refractivity contribution in [2.45, 2.75) is 59.3 Å². The van der Waals surface area contributed by atoms with E-state index in [1.165, 1.54) is 19.3 Å². The summed E-state index contributed by atoms with van der Waals surface area (Å²) >= 11 is 0. The Morgan fingerprint density at radius 2 is 2.00 bits per heavy atom. The maximum absolute atomic E-state index is 11.3. The summed E-state index contributed by atoms with van der Waals surface area (Å²) in [7, 11) is 0. The van der Waals surface area contributed by atoms with Gasteiger partial charge in [-0.15, -0.1) is 0 Å². The Bertz CT molecular complexity index is 197. The topological polar surface area (TPSA) is 26.3 Å². The first-order valence-corrected chi connectivity index (χ1v) is 6.57. The summed E-state index contributed by atoms with van der Waals surface area (Å²) in [6.07, 6.45) is 10.1. The molecule has 0 aromatic carbocycles. The maximum Gasteiger partial charge on any atom is 0.330 e. The van der Waals surface area contributed by atoms with E-state index in [9.17, 15) is 4.79 Å². The smallest absolute Gasteiger partial charge is 0.330 e. The molecule has 94 valence electrons. The summed E-state index contributed by atoms with van der Waals surface area (Å²) in [5.74, 6) is 0.340. The Morgan fingerprint density at radius 1 is 1.25 bits per heavy atom. The van der Waals surface area contributed by atoms with Crippen LogP contribution in [0.5, 0.6) is 0 Å². The molecule has 0 rings (SSSR count). The van der Waals surface area contributed by atoms with Gasteiger partial charge in [0.05, 0.1) is 6.61 Å². The zero-order valence-electron chi connectivity index (χ0n) is 11.0. The number of rotatable bonds is 9. The number of carbonyl (C=O) groups is 1. The summed E-state index contributed by atoms with van der Waals surface area (Å²) in [6.45, 7) is 7.01. The molecule has 2 nitrogen and oxygen atoms in total. The Hall–Kier alpha value is -0.790. The van der Waals surface area contributed by atoms with Gasteiger partial charge in [0.25, 0.3) is 0 Å². The summed E-state index contributed by atoms with van der Waals surface area (Å²) in [4.78, 5) is 11.3. The molecule has 0 N–H and O–H groups in total. The highest BCUT2D eigenvalue weighted by atomic mass is 16.5. The van der Waals surface area contributed by atoms with Gasteiger partial charge < -0.3 is 4.74 Å². The molecular formula is C14H26O2. The molecule has 0 aliphatic carbocycles.